The van der Waals surface area contributed by atoms with Crippen LogP contribution in [0.2, 0.25) is 0 Å². The highest BCUT2D eigenvalue weighted by Gasteiger charge is 2.15. The predicted octanol–water partition coefficient (Wildman–Crippen LogP) is 3.28. The van der Waals surface area contributed by atoms with Gasteiger partial charge >= 0.3 is 0 Å². The minimum atomic E-state index is 0.452. The molecule has 0 aliphatic carbocycles. The van der Waals surface area contributed by atoms with E-state index in [2.05, 4.69) is 30.1 Å². The van der Waals surface area contributed by atoms with Crippen LogP contribution >= 0.6 is 0 Å². The molecule has 0 fully saturated rings. The minimum Gasteiger partial charge on any atom is -0.286 e. The van der Waals surface area contributed by atoms with Crippen molar-refractivity contribution in [1.82, 2.24) is 14.6 Å². The normalized spacial score (nSPS) is 12.5. The van der Waals surface area contributed by atoms with Crippen LogP contribution < -0.4 is 0 Å². The van der Waals surface area contributed by atoms with Gasteiger partial charge in [-0.1, -0.05) is 26.7 Å². The first-order valence-corrected chi connectivity index (χ1v) is 6.54. The monoisotopic (exact) mass is 242 g/mol. The molecule has 4 heteroatoms. The van der Waals surface area contributed by atoms with Gasteiger partial charge < -0.3 is 0 Å². The van der Waals surface area contributed by atoms with Crippen LogP contribution in [0.4, 0.5) is 0 Å². The second-order valence-electron chi connectivity index (χ2n) is 4.56. The van der Waals surface area contributed by atoms with E-state index in [9.17, 15) is 0 Å². The smallest absolute Gasteiger partial charge is 0.162 e. The van der Waals surface area contributed by atoms with Gasteiger partial charge in [0.15, 0.2) is 5.65 Å². The molecule has 2 heterocycles. The predicted molar refractivity (Wildman–Crippen MR) is 70.3 cm³/mol. The molecule has 18 heavy (non-hydrogen) atoms. The summed E-state index contributed by atoms with van der Waals surface area (Å²) in [5.74, 6) is 1.47. The number of fused-ring (bicyclic) bond motifs is 1. The third-order valence-electron chi connectivity index (χ3n) is 3.33. The molecule has 0 amide bonds. The Hall–Kier alpha value is -1.89. The Kier molecular flexibility index (Phi) is 3.93. The van der Waals surface area contributed by atoms with Crippen molar-refractivity contribution in [2.75, 3.05) is 0 Å². The van der Waals surface area contributed by atoms with Crippen LogP contribution in [0.3, 0.4) is 0 Å². The molecule has 0 saturated carbocycles. The highest BCUT2D eigenvalue weighted by Crippen LogP contribution is 2.24. The van der Waals surface area contributed by atoms with Gasteiger partial charge in [0, 0.05) is 18.2 Å². The largest absolute Gasteiger partial charge is 0.286 e. The standard InChI is InChI=1S/C14H18N4/c1-3-5-6-12(4-2)14-17-16-13-9-11(10-15)7-8-18(13)14/h7-9,12H,3-6H2,1-2H3. The van der Waals surface area contributed by atoms with Crippen molar-refractivity contribution < 1.29 is 0 Å². The minimum absolute atomic E-state index is 0.452. The van der Waals surface area contributed by atoms with Gasteiger partial charge in [0.25, 0.3) is 0 Å². The Balaban J connectivity index is 2.36. The summed E-state index contributed by atoms with van der Waals surface area (Å²) in [6.07, 6.45) is 6.53. The summed E-state index contributed by atoms with van der Waals surface area (Å²) in [6.45, 7) is 4.39. The summed E-state index contributed by atoms with van der Waals surface area (Å²) in [5, 5.41) is 17.3. The second-order valence-corrected chi connectivity index (χ2v) is 4.56. The molecule has 94 valence electrons. The lowest BCUT2D eigenvalue weighted by Crippen LogP contribution is -2.03. The first kappa shape index (κ1) is 12.6. The summed E-state index contributed by atoms with van der Waals surface area (Å²) in [4.78, 5) is 0. The molecule has 2 aromatic heterocycles. The van der Waals surface area contributed by atoms with Gasteiger partial charge in [-0.15, -0.1) is 10.2 Å². The molecule has 0 aliphatic rings. The summed E-state index contributed by atoms with van der Waals surface area (Å²) < 4.78 is 2.00. The molecule has 0 saturated heterocycles. The number of hydrogen-bond acceptors (Lipinski definition) is 3. The van der Waals surface area contributed by atoms with E-state index in [4.69, 9.17) is 5.26 Å². The molecule has 0 N–H and O–H groups in total. The van der Waals surface area contributed by atoms with Crippen molar-refractivity contribution in [2.24, 2.45) is 0 Å². The summed E-state index contributed by atoms with van der Waals surface area (Å²) in [5.41, 5.74) is 1.39. The molecule has 0 spiro atoms. The van der Waals surface area contributed by atoms with Crippen molar-refractivity contribution in [3.05, 3.63) is 29.7 Å². The quantitative estimate of drug-likeness (QED) is 0.808. The molecule has 0 bridgehead atoms. The fraction of sp³-hybridized carbons (Fsp3) is 0.500. The van der Waals surface area contributed by atoms with E-state index in [0.717, 1.165) is 24.3 Å². The fourth-order valence-corrected chi connectivity index (χ4v) is 2.22. The lowest BCUT2D eigenvalue weighted by Gasteiger charge is -2.12. The van der Waals surface area contributed by atoms with Crippen LogP contribution in [-0.2, 0) is 0 Å². The van der Waals surface area contributed by atoms with Crippen molar-refractivity contribution in [2.45, 2.75) is 45.4 Å². The van der Waals surface area contributed by atoms with Gasteiger partial charge in [-0.05, 0) is 18.9 Å². The van der Waals surface area contributed by atoms with Crippen LogP contribution in [0.25, 0.3) is 5.65 Å². The van der Waals surface area contributed by atoms with Gasteiger partial charge in [0.2, 0.25) is 0 Å². The Morgan fingerprint density at radius 1 is 1.39 bits per heavy atom. The molecule has 4 nitrogen and oxygen atoms in total. The first-order chi connectivity index (χ1) is 8.80. The van der Waals surface area contributed by atoms with Crippen LogP contribution in [0, 0.1) is 11.3 Å². The Labute approximate surface area is 107 Å². The zero-order valence-electron chi connectivity index (χ0n) is 10.9. The lowest BCUT2D eigenvalue weighted by atomic mass is 9.98. The number of nitrogens with zero attached hydrogens (tertiary/aromatic N) is 4. The zero-order chi connectivity index (χ0) is 13.0. The van der Waals surface area contributed by atoms with Crippen molar-refractivity contribution >= 4 is 5.65 Å². The Bertz CT molecular complexity index is 565. The van der Waals surface area contributed by atoms with Gasteiger partial charge in [-0.2, -0.15) is 5.26 Å². The number of pyridine rings is 1. The number of rotatable bonds is 5. The van der Waals surface area contributed by atoms with Gasteiger partial charge in [0.1, 0.15) is 5.82 Å². The van der Waals surface area contributed by atoms with Crippen LogP contribution in [0.15, 0.2) is 18.3 Å². The van der Waals surface area contributed by atoms with E-state index in [1.165, 1.54) is 12.8 Å². The molecule has 1 unspecified atom stereocenters. The average Bonchev–Trinajstić information content (AvgIpc) is 2.83. The average molecular weight is 242 g/mol. The molecule has 0 aliphatic heterocycles. The number of unbranched alkanes of at least 4 members (excludes halogenated alkanes) is 1. The van der Waals surface area contributed by atoms with Gasteiger partial charge in [-0.3, -0.25) is 4.40 Å². The number of hydrogen-bond donors (Lipinski definition) is 0. The summed E-state index contributed by atoms with van der Waals surface area (Å²) in [6, 6.07) is 5.72. The SMILES string of the molecule is CCCCC(CC)c1nnc2cc(C#N)ccn12. The fourth-order valence-electron chi connectivity index (χ4n) is 2.22. The summed E-state index contributed by atoms with van der Waals surface area (Å²) >= 11 is 0. The van der Waals surface area contributed by atoms with Crippen LogP contribution in [0.1, 0.15) is 56.8 Å². The maximum absolute atomic E-state index is 8.87. The van der Waals surface area contributed by atoms with Crippen LogP contribution in [-0.4, -0.2) is 14.6 Å². The third-order valence-corrected chi connectivity index (χ3v) is 3.33. The van der Waals surface area contributed by atoms with Gasteiger partial charge in [-0.25, -0.2) is 0 Å². The lowest BCUT2D eigenvalue weighted by molar-refractivity contribution is 0.539. The second kappa shape index (κ2) is 5.63. The Morgan fingerprint density at radius 3 is 2.89 bits per heavy atom. The van der Waals surface area contributed by atoms with Crippen molar-refractivity contribution in [3.63, 3.8) is 0 Å². The van der Waals surface area contributed by atoms with Crippen LogP contribution in [0.5, 0.6) is 0 Å². The molecular weight excluding hydrogens is 224 g/mol. The zero-order valence-corrected chi connectivity index (χ0v) is 10.9. The first-order valence-electron chi connectivity index (χ1n) is 6.54. The van der Waals surface area contributed by atoms with E-state index in [1.54, 1.807) is 6.07 Å². The Morgan fingerprint density at radius 2 is 2.22 bits per heavy atom. The molecule has 2 rings (SSSR count). The third kappa shape index (κ3) is 2.35. The van der Waals surface area contributed by atoms with E-state index in [-0.39, 0.29) is 0 Å². The van der Waals surface area contributed by atoms with Crippen molar-refractivity contribution in [1.29, 1.82) is 5.26 Å². The number of aromatic nitrogens is 3. The summed E-state index contributed by atoms with van der Waals surface area (Å²) in [7, 11) is 0. The van der Waals surface area contributed by atoms with E-state index in [1.807, 2.05) is 16.7 Å². The highest BCUT2D eigenvalue weighted by atomic mass is 15.2. The maximum Gasteiger partial charge on any atom is 0.162 e. The van der Waals surface area contributed by atoms with Gasteiger partial charge in [0.05, 0.1) is 11.6 Å². The van der Waals surface area contributed by atoms with Crippen molar-refractivity contribution in [3.8, 4) is 6.07 Å². The van der Waals surface area contributed by atoms with E-state index in [0.29, 0.717) is 11.5 Å². The molecule has 0 radical (unpaired) electrons. The van der Waals surface area contributed by atoms with E-state index < -0.39 is 0 Å². The molecule has 1 atom stereocenters. The molecule has 0 aromatic carbocycles. The maximum atomic E-state index is 8.87. The molecular formula is C14H18N4. The van der Waals surface area contributed by atoms with E-state index >= 15 is 0 Å². The molecule has 2 aromatic rings. The number of nitriles is 1. The highest BCUT2D eigenvalue weighted by molar-refractivity contribution is 5.45. The topological polar surface area (TPSA) is 54.0 Å².